The number of halogens is 1. The summed E-state index contributed by atoms with van der Waals surface area (Å²) in [6, 6.07) is 6.04. The van der Waals surface area contributed by atoms with Crippen LogP contribution in [0.4, 0.5) is 5.69 Å². The lowest BCUT2D eigenvalue weighted by Gasteiger charge is -2.32. The Morgan fingerprint density at radius 3 is 2.62 bits per heavy atom. The molecule has 4 nitrogen and oxygen atoms in total. The van der Waals surface area contributed by atoms with Crippen LogP contribution < -0.4 is 16.0 Å². The molecule has 2 aliphatic rings. The number of carbonyl (C=O) groups is 1. The number of nitrogens with two attached hydrogens (primary N) is 1. The molecule has 1 aromatic rings. The van der Waals surface area contributed by atoms with Gasteiger partial charge in [0.1, 0.15) is 0 Å². The van der Waals surface area contributed by atoms with Crippen LogP contribution in [-0.2, 0) is 0 Å². The molecule has 3 rings (SSSR count). The van der Waals surface area contributed by atoms with Crippen LogP contribution in [0, 0.1) is 5.92 Å². The maximum atomic E-state index is 11.7. The summed E-state index contributed by atoms with van der Waals surface area (Å²) >= 11 is 6.02. The van der Waals surface area contributed by atoms with Crippen LogP contribution in [0.25, 0.3) is 0 Å². The van der Waals surface area contributed by atoms with Crippen LogP contribution in [0.1, 0.15) is 36.0 Å². The standard InChI is InChI=1S/C16H22ClN3O/c17-12-1-4-15(14(9-12)16(18)21)20(13-2-3-13)10-11-5-7-19-8-6-11/h1,4,9,11,13,19H,2-3,5-8,10H2,(H2,18,21). The molecule has 1 aromatic carbocycles. The van der Waals surface area contributed by atoms with Gasteiger partial charge in [-0.05, 0) is 62.9 Å². The zero-order valence-corrected chi connectivity index (χ0v) is 12.9. The number of anilines is 1. The Morgan fingerprint density at radius 2 is 2.00 bits per heavy atom. The fourth-order valence-electron chi connectivity index (χ4n) is 3.13. The zero-order chi connectivity index (χ0) is 14.8. The lowest BCUT2D eigenvalue weighted by molar-refractivity contribution is 0.100. The summed E-state index contributed by atoms with van der Waals surface area (Å²) in [5, 5.41) is 3.96. The summed E-state index contributed by atoms with van der Waals surface area (Å²) in [6.45, 7) is 3.19. The summed E-state index contributed by atoms with van der Waals surface area (Å²) in [7, 11) is 0. The van der Waals surface area contributed by atoms with Crippen molar-refractivity contribution in [3.63, 3.8) is 0 Å². The molecule has 5 heteroatoms. The van der Waals surface area contributed by atoms with E-state index < -0.39 is 5.91 Å². The molecule has 1 aliphatic carbocycles. The maximum absolute atomic E-state index is 11.7. The van der Waals surface area contributed by atoms with E-state index in [-0.39, 0.29) is 0 Å². The number of nitrogens with one attached hydrogen (secondary N) is 1. The van der Waals surface area contributed by atoms with E-state index in [9.17, 15) is 4.79 Å². The number of nitrogens with zero attached hydrogens (tertiary/aromatic N) is 1. The van der Waals surface area contributed by atoms with Gasteiger partial charge in [-0.2, -0.15) is 0 Å². The molecule has 1 aliphatic heterocycles. The first-order valence-corrected chi connectivity index (χ1v) is 8.09. The fourth-order valence-corrected chi connectivity index (χ4v) is 3.30. The van der Waals surface area contributed by atoms with Crippen LogP contribution in [0.5, 0.6) is 0 Å². The Kier molecular flexibility index (Phi) is 4.36. The number of primary amides is 1. The van der Waals surface area contributed by atoms with E-state index in [1.807, 2.05) is 12.1 Å². The average molecular weight is 308 g/mol. The second-order valence-corrected chi connectivity index (χ2v) is 6.54. The van der Waals surface area contributed by atoms with Crippen LogP contribution >= 0.6 is 11.6 Å². The lowest BCUT2D eigenvalue weighted by atomic mass is 9.96. The normalized spacial score (nSPS) is 19.5. The third kappa shape index (κ3) is 3.50. The molecule has 114 valence electrons. The highest BCUT2D eigenvalue weighted by atomic mass is 35.5. The van der Waals surface area contributed by atoms with E-state index in [1.54, 1.807) is 6.07 Å². The van der Waals surface area contributed by atoms with Gasteiger partial charge in [0.25, 0.3) is 5.91 Å². The number of benzene rings is 1. The maximum Gasteiger partial charge on any atom is 0.250 e. The topological polar surface area (TPSA) is 58.4 Å². The Bertz CT molecular complexity index is 524. The molecule has 0 atom stereocenters. The number of hydrogen-bond donors (Lipinski definition) is 2. The van der Waals surface area contributed by atoms with Crippen molar-refractivity contribution in [2.45, 2.75) is 31.7 Å². The summed E-state index contributed by atoms with van der Waals surface area (Å²) < 4.78 is 0. The van der Waals surface area contributed by atoms with Gasteiger partial charge in [-0.25, -0.2) is 0 Å². The molecule has 0 radical (unpaired) electrons. The van der Waals surface area contributed by atoms with Crippen molar-refractivity contribution >= 4 is 23.2 Å². The molecular formula is C16H22ClN3O. The molecule has 3 N–H and O–H groups in total. The second-order valence-electron chi connectivity index (χ2n) is 6.10. The second kappa shape index (κ2) is 6.24. The highest BCUT2D eigenvalue weighted by Gasteiger charge is 2.33. The van der Waals surface area contributed by atoms with E-state index in [2.05, 4.69) is 10.2 Å². The highest BCUT2D eigenvalue weighted by Crippen LogP contribution is 2.36. The molecule has 21 heavy (non-hydrogen) atoms. The van der Waals surface area contributed by atoms with Gasteiger partial charge < -0.3 is 16.0 Å². The minimum atomic E-state index is -0.400. The first-order valence-electron chi connectivity index (χ1n) is 7.72. The van der Waals surface area contributed by atoms with Crippen molar-refractivity contribution in [3.05, 3.63) is 28.8 Å². The Balaban J connectivity index is 1.85. The number of piperidine rings is 1. The van der Waals surface area contributed by atoms with Crippen LogP contribution in [0.2, 0.25) is 5.02 Å². The van der Waals surface area contributed by atoms with Crippen LogP contribution in [-0.4, -0.2) is 31.6 Å². The van der Waals surface area contributed by atoms with Gasteiger partial charge in [0.2, 0.25) is 0 Å². The van der Waals surface area contributed by atoms with Crippen molar-refractivity contribution in [1.82, 2.24) is 5.32 Å². The van der Waals surface area contributed by atoms with Crippen molar-refractivity contribution in [1.29, 1.82) is 0 Å². The first kappa shape index (κ1) is 14.7. The lowest BCUT2D eigenvalue weighted by Crippen LogP contribution is -2.38. The quantitative estimate of drug-likeness (QED) is 0.878. The molecule has 1 amide bonds. The Labute approximate surface area is 130 Å². The SMILES string of the molecule is NC(=O)c1cc(Cl)ccc1N(CC1CCNCC1)C1CC1. The van der Waals surface area contributed by atoms with Crippen molar-refractivity contribution in [3.8, 4) is 0 Å². The smallest absolute Gasteiger partial charge is 0.250 e. The van der Waals surface area contributed by atoms with Gasteiger partial charge in [-0.3, -0.25) is 4.79 Å². The van der Waals surface area contributed by atoms with E-state index in [0.29, 0.717) is 22.5 Å². The van der Waals surface area contributed by atoms with Gasteiger partial charge in [0.15, 0.2) is 0 Å². The van der Waals surface area contributed by atoms with Crippen molar-refractivity contribution < 1.29 is 4.79 Å². The molecule has 0 bridgehead atoms. The van der Waals surface area contributed by atoms with Crippen molar-refractivity contribution in [2.24, 2.45) is 11.7 Å². The molecule has 0 aromatic heterocycles. The van der Waals surface area contributed by atoms with Gasteiger partial charge in [-0.15, -0.1) is 0 Å². The van der Waals surface area contributed by atoms with Crippen LogP contribution in [0.3, 0.4) is 0 Å². The average Bonchev–Trinajstić information content (AvgIpc) is 3.31. The molecule has 0 spiro atoms. The number of hydrogen-bond acceptors (Lipinski definition) is 3. The van der Waals surface area contributed by atoms with E-state index in [0.717, 1.165) is 25.3 Å². The molecule has 1 saturated carbocycles. The molecule has 2 fully saturated rings. The third-order valence-electron chi connectivity index (χ3n) is 4.43. The number of amides is 1. The van der Waals surface area contributed by atoms with Gasteiger partial charge in [0, 0.05) is 23.3 Å². The van der Waals surface area contributed by atoms with Crippen molar-refractivity contribution in [2.75, 3.05) is 24.5 Å². The van der Waals surface area contributed by atoms with Gasteiger partial charge in [-0.1, -0.05) is 11.6 Å². The number of carbonyl (C=O) groups excluding carboxylic acids is 1. The largest absolute Gasteiger partial charge is 0.368 e. The summed E-state index contributed by atoms with van der Waals surface area (Å²) in [5.41, 5.74) is 7.04. The number of rotatable bonds is 5. The van der Waals surface area contributed by atoms with E-state index in [4.69, 9.17) is 17.3 Å². The summed E-state index contributed by atoms with van der Waals surface area (Å²) in [4.78, 5) is 14.1. The minimum absolute atomic E-state index is 0.400. The molecule has 1 saturated heterocycles. The zero-order valence-electron chi connectivity index (χ0n) is 12.1. The summed E-state index contributed by atoms with van der Waals surface area (Å²) in [5.74, 6) is 0.284. The molecule has 1 heterocycles. The monoisotopic (exact) mass is 307 g/mol. The van der Waals surface area contributed by atoms with E-state index >= 15 is 0 Å². The summed E-state index contributed by atoms with van der Waals surface area (Å²) in [6.07, 6.45) is 4.79. The fraction of sp³-hybridized carbons (Fsp3) is 0.562. The van der Waals surface area contributed by atoms with Gasteiger partial charge in [0.05, 0.1) is 5.56 Å². The Morgan fingerprint density at radius 1 is 1.29 bits per heavy atom. The molecular weight excluding hydrogens is 286 g/mol. The predicted octanol–water partition coefficient (Wildman–Crippen LogP) is 2.41. The molecule has 0 unspecified atom stereocenters. The Hall–Kier alpha value is -1.26. The predicted molar refractivity (Wildman–Crippen MR) is 85.9 cm³/mol. The van der Waals surface area contributed by atoms with E-state index in [1.165, 1.54) is 25.7 Å². The third-order valence-corrected chi connectivity index (χ3v) is 4.67. The van der Waals surface area contributed by atoms with Crippen LogP contribution in [0.15, 0.2) is 18.2 Å². The van der Waals surface area contributed by atoms with Gasteiger partial charge >= 0.3 is 0 Å². The first-order chi connectivity index (χ1) is 10.1. The minimum Gasteiger partial charge on any atom is -0.368 e. The highest BCUT2D eigenvalue weighted by molar-refractivity contribution is 6.31.